The predicted octanol–water partition coefficient (Wildman–Crippen LogP) is 3.06. The highest BCUT2D eigenvalue weighted by Gasteiger charge is 2.29. The van der Waals surface area contributed by atoms with Gasteiger partial charge in [0.05, 0.1) is 17.7 Å². The fourth-order valence-electron chi connectivity index (χ4n) is 3.88. The van der Waals surface area contributed by atoms with Crippen molar-refractivity contribution in [3.05, 3.63) is 71.1 Å². The Kier molecular flexibility index (Phi) is 4.40. The molecule has 0 N–H and O–H groups in total. The van der Waals surface area contributed by atoms with Crippen molar-refractivity contribution < 1.29 is 4.79 Å². The van der Waals surface area contributed by atoms with Gasteiger partial charge in [0.25, 0.3) is 5.91 Å². The van der Waals surface area contributed by atoms with E-state index < -0.39 is 0 Å². The Morgan fingerprint density at radius 2 is 2.21 bits per heavy atom. The molecular formula is C20H20N6OS. The Morgan fingerprint density at radius 1 is 1.25 bits per heavy atom. The van der Waals surface area contributed by atoms with Crippen LogP contribution in [-0.2, 0) is 6.54 Å². The average molecular weight is 392 g/mol. The van der Waals surface area contributed by atoms with E-state index in [2.05, 4.69) is 24.9 Å². The predicted molar refractivity (Wildman–Crippen MR) is 107 cm³/mol. The molecule has 28 heavy (non-hydrogen) atoms. The number of hydrogen-bond donors (Lipinski definition) is 0. The van der Waals surface area contributed by atoms with E-state index >= 15 is 0 Å². The molecule has 142 valence electrons. The molecule has 1 fully saturated rings. The molecule has 0 aliphatic carbocycles. The number of aromatic nitrogens is 5. The Labute approximate surface area is 166 Å². The summed E-state index contributed by atoms with van der Waals surface area (Å²) in [4.78, 5) is 28.4. The van der Waals surface area contributed by atoms with E-state index in [1.807, 2.05) is 57.8 Å². The smallest absolute Gasteiger partial charge is 0.274 e. The number of nitrogens with zero attached hydrogens (tertiary/aromatic N) is 6. The molecule has 1 atom stereocenters. The third-order valence-electron chi connectivity index (χ3n) is 5.22. The summed E-state index contributed by atoms with van der Waals surface area (Å²) >= 11 is 1.60. The van der Waals surface area contributed by atoms with Crippen molar-refractivity contribution in [2.24, 2.45) is 0 Å². The highest BCUT2D eigenvalue weighted by Crippen LogP contribution is 2.27. The first-order valence-corrected chi connectivity index (χ1v) is 10.3. The van der Waals surface area contributed by atoms with Crippen LogP contribution in [0.15, 0.2) is 53.9 Å². The van der Waals surface area contributed by atoms with Gasteiger partial charge in [0.2, 0.25) is 0 Å². The molecule has 1 aliphatic heterocycles. The second kappa shape index (κ2) is 7.20. The summed E-state index contributed by atoms with van der Waals surface area (Å²) in [5, 5.41) is 2.06. The summed E-state index contributed by atoms with van der Waals surface area (Å²) in [6, 6.07) is 5.77. The van der Waals surface area contributed by atoms with Crippen LogP contribution in [0.3, 0.4) is 0 Å². The van der Waals surface area contributed by atoms with Crippen LogP contribution >= 0.6 is 11.3 Å². The first-order valence-electron chi connectivity index (χ1n) is 9.39. The number of carbonyl (C=O) groups excluding carboxylic acids is 1. The van der Waals surface area contributed by atoms with Crippen molar-refractivity contribution in [1.29, 1.82) is 0 Å². The van der Waals surface area contributed by atoms with Crippen LogP contribution in [0.1, 0.15) is 40.8 Å². The van der Waals surface area contributed by atoms with Crippen molar-refractivity contribution in [3.8, 4) is 0 Å². The standard InChI is InChI=1S/C20H20N6OS/c27-20(17-12-24-7-2-1-5-18(24)23-17)26-8-3-4-15(10-26)19-21-6-9-25(19)11-16-13-28-14-22-16/h1-2,5-7,9,12-15H,3-4,8,10-11H2/t15-/m0/s1. The number of piperidine rings is 1. The van der Waals surface area contributed by atoms with E-state index in [4.69, 9.17) is 0 Å². The van der Waals surface area contributed by atoms with Gasteiger partial charge in [-0.15, -0.1) is 11.3 Å². The molecule has 1 saturated heterocycles. The lowest BCUT2D eigenvalue weighted by Gasteiger charge is -2.32. The van der Waals surface area contributed by atoms with Crippen LogP contribution in [-0.4, -0.2) is 47.8 Å². The zero-order valence-electron chi connectivity index (χ0n) is 15.3. The van der Waals surface area contributed by atoms with Gasteiger partial charge in [-0.25, -0.2) is 15.0 Å². The van der Waals surface area contributed by atoms with Crippen LogP contribution in [0.4, 0.5) is 0 Å². The zero-order chi connectivity index (χ0) is 18.9. The molecule has 5 heterocycles. The summed E-state index contributed by atoms with van der Waals surface area (Å²) in [6.07, 6.45) is 9.55. The Balaban J connectivity index is 1.35. The highest BCUT2D eigenvalue weighted by atomic mass is 32.1. The van der Waals surface area contributed by atoms with E-state index in [9.17, 15) is 4.79 Å². The van der Waals surface area contributed by atoms with Crippen molar-refractivity contribution in [3.63, 3.8) is 0 Å². The largest absolute Gasteiger partial charge is 0.337 e. The van der Waals surface area contributed by atoms with Crippen LogP contribution < -0.4 is 0 Å². The van der Waals surface area contributed by atoms with Gasteiger partial charge in [0.1, 0.15) is 17.2 Å². The number of fused-ring (bicyclic) bond motifs is 1. The topological polar surface area (TPSA) is 68.3 Å². The molecule has 0 radical (unpaired) electrons. The van der Waals surface area contributed by atoms with E-state index in [1.54, 1.807) is 11.3 Å². The number of imidazole rings is 2. The first-order chi connectivity index (χ1) is 13.8. The molecule has 0 aromatic carbocycles. The normalized spacial score (nSPS) is 17.3. The van der Waals surface area contributed by atoms with E-state index in [-0.39, 0.29) is 11.8 Å². The van der Waals surface area contributed by atoms with Gasteiger partial charge < -0.3 is 13.9 Å². The number of amides is 1. The molecule has 5 rings (SSSR count). The van der Waals surface area contributed by atoms with Crippen LogP contribution in [0, 0.1) is 0 Å². The van der Waals surface area contributed by atoms with E-state index in [0.29, 0.717) is 12.2 Å². The van der Waals surface area contributed by atoms with Gasteiger partial charge in [-0.3, -0.25) is 4.79 Å². The molecular weight excluding hydrogens is 372 g/mol. The van der Waals surface area contributed by atoms with Gasteiger partial charge in [0.15, 0.2) is 0 Å². The van der Waals surface area contributed by atoms with Gasteiger partial charge >= 0.3 is 0 Å². The molecule has 0 unspecified atom stereocenters. The molecule has 1 amide bonds. The number of thiazole rings is 1. The number of likely N-dealkylation sites (tertiary alicyclic amines) is 1. The van der Waals surface area contributed by atoms with Gasteiger partial charge in [-0.05, 0) is 25.0 Å². The van der Waals surface area contributed by atoms with Crippen molar-refractivity contribution in [2.45, 2.75) is 25.3 Å². The Bertz CT molecular complexity index is 1070. The molecule has 4 aromatic rings. The van der Waals surface area contributed by atoms with Gasteiger partial charge in [-0.1, -0.05) is 6.07 Å². The lowest BCUT2D eigenvalue weighted by Crippen LogP contribution is -2.40. The summed E-state index contributed by atoms with van der Waals surface area (Å²) in [5.41, 5.74) is 4.18. The summed E-state index contributed by atoms with van der Waals surface area (Å²) in [7, 11) is 0. The summed E-state index contributed by atoms with van der Waals surface area (Å²) in [5.74, 6) is 1.25. The van der Waals surface area contributed by atoms with Gasteiger partial charge in [0, 0.05) is 49.2 Å². The Hall–Kier alpha value is -3.00. The number of pyridine rings is 1. The molecule has 4 aromatic heterocycles. The van der Waals surface area contributed by atoms with Crippen LogP contribution in [0.2, 0.25) is 0 Å². The van der Waals surface area contributed by atoms with Gasteiger partial charge in [-0.2, -0.15) is 0 Å². The molecule has 0 spiro atoms. The van der Waals surface area contributed by atoms with Crippen molar-refractivity contribution in [1.82, 2.24) is 28.8 Å². The maximum Gasteiger partial charge on any atom is 0.274 e. The Morgan fingerprint density at radius 3 is 3.07 bits per heavy atom. The zero-order valence-corrected chi connectivity index (χ0v) is 16.1. The summed E-state index contributed by atoms with van der Waals surface area (Å²) < 4.78 is 4.04. The number of rotatable bonds is 4. The molecule has 0 saturated carbocycles. The third-order valence-corrected chi connectivity index (χ3v) is 5.86. The maximum absolute atomic E-state index is 13.0. The quantitative estimate of drug-likeness (QED) is 0.535. The first kappa shape index (κ1) is 17.1. The third kappa shape index (κ3) is 3.20. The molecule has 1 aliphatic rings. The van der Waals surface area contributed by atoms with Crippen molar-refractivity contribution in [2.75, 3.05) is 13.1 Å². The minimum Gasteiger partial charge on any atom is -0.337 e. The van der Waals surface area contributed by atoms with E-state index in [0.717, 1.165) is 43.1 Å². The number of hydrogen-bond acceptors (Lipinski definition) is 5. The SMILES string of the molecule is O=C(c1cn2ccccc2n1)N1CCC[C@H](c2nccn2Cc2cscn2)C1. The van der Waals surface area contributed by atoms with Crippen molar-refractivity contribution >= 4 is 22.9 Å². The second-order valence-electron chi connectivity index (χ2n) is 7.08. The molecule has 7 nitrogen and oxygen atoms in total. The lowest BCUT2D eigenvalue weighted by molar-refractivity contribution is 0.0698. The number of carbonyl (C=O) groups is 1. The second-order valence-corrected chi connectivity index (χ2v) is 7.79. The summed E-state index contributed by atoms with van der Waals surface area (Å²) in [6.45, 7) is 2.15. The molecule has 8 heteroatoms. The van der Waals surface area contributed by atoms with Crippen LogP contribution in [0.25, 0.3) is 5.65 Å². The maximum atomic E-state index is 13.0. The minimum atomic E-state index is -0.00833. The highest BCUT2D eigenvalue weighted by molar-refractivity contribution is 7.07. The monoisotopic (exact) mass is 392 g/mol. The fraction of sp³-hybridized carbons (Fsp3) is 0.300. The minimum absolute atomic E-state index is 0.00833. The fourth-order valence-corrected chi connectivity index (χ4v) is 4.43. The molecule has 0 bridgehead atoms. The average Bonchev–Trinajstić information content (AvgIpc) is 3.48. The van der Waals surface area contributed by atoms with E-state index in [1.165, 1.54) is 0 Å². The lowest BCUT2D eigenvalue weighted by atomic mass is 9.97. The van der Waals surface area contributed by atoms with Crippen LogP contribution in [0.5, 0.6) is 0 Å².